The van der Waals surface area contributed by atoms with Gasteiger partial charge in [0.2, 0.25) is 0 Å². The highest BCUT2D eigenvalue weighted by Gasteiger charge is 1.96. The van der Waals surface area contributed by atoms with Gasteiger partial charge in [0, 0.05) is 0 Å². The fourth-order valence-corrected chi connectivity index (χ4v) is 0.694. The summed E-state index contributed by atoms with van der Waals surface area (Å²) < 4.78 is 0. The van der Waals surface area contributed by atoms with Crippen molar-refractivity contribution in [2.24, 2.45) is 10.2 Å². The second-order valence-electron chi connectivity index (χ2n) is 2.34. The fraction of sp³-hybridized carbons (Fsp3) is 0.250. The van der Waals surface area contributed by atoms with E-state index in [0.29, 0.717) is 5.69 Å². The summed E-state index contributed by atoms with van der Waals surface area (Å²) in [5, 5.41) is 25.1. The van der Waals surface area contributed by atoms with Crippen molar-refractivity contribution in [1.82, 2.24) is 0 Å². The summed E-state index contributed by atoms with van der Waals surface area (Å²) in [4.78, 5) is 0. The van der Waals surface area contributed by atoms with Crippen LogP contribution in [-0.4, -0.2) is 16.4 Å². The summed E-state index contributed by atoms with van der Waals surface area (Å²) in [5.41, 5.74) is 0.360. The van der Waals surface area contributed by atoms with Crippen LogP contribution in [0.25, 0.3) is 0 Å². The van der Waals surface area contributed by atoms with Crippen molar-refractivity contribution in [2.45, 2.75) is 13.2 Å². The zero-order chi connectivity index (χ0) is 8.97. The Hall–Kier alpha value is -1.42. The van der Waals surface area contributed by atoms with Crippen LogP contribution < -0.4 is 0 Å². The molecule has 0 saturated heterocycles. The number of aromatic hydroxyl groups is 1. The molecule has 0 fully saturated rings. The first-order chi connectivity index (χ1) is 5.70. The quantitative estimate of drug-likeness (QED) is 0.658. The maximum absolute atomic E-state index is 9.19. The molecule has 0 aliphatic heterocycles. The molecule has 0 saturated carbocycles. The summed E-state index contributed by atoms with van der Waals surface area (Å²) in [6.45, 7) is 1.49. The lowest BCUT2D eigenvalue weighted by Crippen LogP contribution is -1.90. The summed E-state index contributed by atoms with van der Waals surface area (Å²) in [7, 11) is 0. The largest absolute Gasteiger partial charge is 0.506 e. The number of benzene rings is 1. The molecule has 0 amide bonds. The van der Waals surface area contributed by atoms with E-state index in [1.807, 2.05) is 0 Å². The molecular formula is C8H10N2O2. The molecule has 12 heavy (non-hydrogen) atoms. The van der Waals surface area contributed by atoms with Crippen LogP contribution in [0.3, 0.4) is 0 Å². The number of phenolic OH excluding ortho intramolecular Hbond substituents is 1. The number of phenols is 1. The molecule has 0 radical (unpaired) electrons. The zero-order valence-electron chi connectivity index (χ0n) is 6.68. The minimum atomic E-state index is -0.843. The van der Waals surface area contributed by atoms with Crippen molar-refractivity contribution in [3.8, 4) is 5.75 Å². The van der Waals surface area contributed by atoms with Gasteiger partial charge in [-0.1, -0.05) is 12.1 Å². The number of azo groups is 1. The van der Waals surface area contributed by atoms with Gasteiger partial charge in [-0.15, -0.1) is 5.11 Å². The number of rotatable bonds is 2. The first kappa shape index (κ1) is 8.67. The Balaban J connectivity index is 2.82. The van der Waals surface area contributed by atoms with Gasteiger partial charge in [-0.3, -0.25) is 0 Å². The van der Waals surface area contributed by atoms with E-state index in [-0.39, 0.29) is 5.75 Å². The molecule has 0 aliphatic carbocycles. The van der Waals surface area contributed by atoms with Crippen LogP contribution in [0.5, 0.6) is 5.75 Å². The Morgan fingerprint density at radius 1 is 1.33 bits per heavy atom. The van der Waals surface area contributed by atoms with E-state index in [4.69, 9.17) is 5.11 Å². The van der Waals surface area contributed by atoms with Gasteiger partial charge in [0.15, 0.2) is 6.23 Å². The second-order valence-corrected chi connectivity index (χ2v) is 2.34. The lowest BCUT2D eigenvalue weighted by atomic mass is 10.3. The number of aliphatic hydroxyl groups is 1. The van der Waals surface area contributed by atoms with Crippen molar-refractivity contribution in [2.75, 3.05) is 0 Å². The average molecular weight is 166 g/mol. The van der Waals surface area contributed by atoms with Crippen molar-refractivity contribution >= 4 is 5.69 Å². The van der Waals surface area contributed by atoms with E-state index in [1.54, 1.807) is 18.2 Å². The number of aliphatic hydroxyl groups excluding tert-OH is 1. The van der Waals surface area contributed by atoms with Gasteiger partial charge in [0.05, 0.1) is 0 Å². The molecule has 1 aromatic carbocycles. The number of nitrogens with zero attached hydrogens (tertiary/aromatic N) is 2. The van der Waals surface area contributed by atoms with Gasteiger partial charge in [-0.2, -0.15) is 5.11 Å². The second kappa shape index (κ2) is 3.82. The number of hydrogen-bond donors (Lipinski definition) is 2. The maximum Gasteiger partial charge on any atom is 0.163 e. The topological polar surface area (TPSA) is 65.2 Å². The highest BCUT2D eigenvalue weighted by atomic mass is 16.3. The Morgan fingerprint density at radius 3 is 2.58 bits per heavy atom. The average Bonchev–Trinajstić information content (AvgIpc) is 2.03. The van der Waals surface area contributed by atoms with Gasteiger partial charge in [0.1, 0.15) is 11.4 Å². The Kier molecular flexibility index (Phi) is 2.76. The van der Waals surface area contributed by atoms with Crippen molar-refractivity contribution in [3.05, 3.63) is 24.3 Å². The van der Waals surface area contributed by atoms with Crippen molar-refractivity contribution in [3.63, 3.8) is 0 Å². The summed E-state index contributed by atoms with van der Waals surface area (Å²) >= 11 is 0. The molecule has 0 bridgehead atoms. The first-order valence-corrected chi connectivity index (χ1v) is 3.57. The molecule has 1 atom stereocenters. The third kappa shape index (κ3) is 2.32. The molecule has 0 aromatic heterocycles. The molecule has 1 aromatic rings. The number of hydrogen-bond acceptors (Lipinski definition) is 4. The van der Waals surface area contributed by atoms with Gasteiger partial charge >= 0.3 is 0 Å². The van der Waals surface area contributed by atoms with E-state index in [9.17, 15) is 5.11 Å². The van der Waals surface area contributed by atoms with Crippen molar-refractivity contribution < 1.29 is 10.2 Å². The Labute approximate surface area is 70.2 Å². The van der Waals surface area contributed by atoms with Crippen LogP contribution in [0.1, 0.15) is 6.92 Å². The van der Waals surface area contributed by atoms with E-state index in [0.717, 1.165) is 0 Å². The van der Waals surface area contributed by atoms with Crippen LogP contribution in [-0.2, 0) is 0 Å². The molecule has 64 valence electrons. The molecule has 0 heterocycles. The minimum absolute atomic E-state index is 0.0573. The fourth-order valence-electron chi connectivity index (χ4n) is 0.694. The molecule has 4 heteroatoms. The van der Waals surface area contributed by atoms with E-state index in [2.05, 4.69) is 10.2 Å². The van der Waals surface area contributed by atoms with Crippen LogP contribution >= 0.6 is 0 Å². The molecule has 4 nitrogen and oxygen atoms in total. The third-order valence-corrected chi connectivity index (χ3v) is 1.21. The standard InChI is InChI=1S/C8H10N2O2/c1-6(11)9-10-7-4-2-3-5-8(7)12/h2-6,11-12H,1H3. The van der Waals surface area contributed by atoms with Crippen molar-refractivity contribution in [1.29, 1.82) is 0 Å². The third-order valence-electron chi connectivity index (χ3n) is 1.21. The molecule has 1 rings (SSSR count). The van der Waals surface area contributed by atoms with Crippen LogP contribution in [0.2, 0.25) is 0 Å². The predicted octanol–water partition coefficient (Wildman–Crippen LogP) is 1.81. The van der Waals surface area contributed by atoms with Gasteiger partial charge in [0.25, 0.3) is 0 Å². The molecule has 0 spiro atoms. The van der Waals surface area contributed by atoms with E-state index < -0.39 is 6.23 Å². The van der Waals surface area contributed by atoms with Crippen LogP contribution in [0, 0.1) is 0 Å². The zero-order valence-corrected chi connectivity index (χ0v) is 6.68. The first-order valence-electron chi connectivity index (χ1n) is 3.57. The normalized spacial score (nSPS) is 13.5. The smallest absolute Gasteiger partial charge is 0.163 e. The molecule has 1 unspecified atom stereocenters. The van der Waals surface area contributed by atoms with Crippen LogP contribution in [0.15, 0.2) is 34.5 Å². The summed E-state index contributed by atoms with van der Waals surface area (Å²) in [6.07, 6.45) is -0.843. The molecule has 2 N–H and O–H groups in total. The lowest BCUT2D eigenvalue weighted by Gasteiger charge is -1.96. The minimum Gasteiger partial charge on any atom is -0.506 e. The number of para-hydroxylation sites is 1. The maximum atomic E-state index is 9.19. The summed E-state index contributed by atoms with van der Waals surface area (Å²) in [5.74, 6) is 0.0573. The van der Waals surface area contributed by atoms with Gasteiger partial charge in [-0.05, 0) is 19.1 Å². The highest BCUT2D eigenvalue weighted by molar-refractivity contribution is 5.49. The Morgan fingerprint density at radius 2 is 2.00 bits per heavy atom. The van der Waals surface area contributed by atoms with E-state index in [1.165, 1.54) is 13.0 Å². The summed E-state index contributed by atoms with van der Waals surface area (Å²) in [6, 6.07) is 6.55. The van der Waals surface area contributed by atoms with Gasteiger partial charge < -0.3 is 10.2 Å². The van der Waals surface area contributed by atoms with E-state index >= 15 is 0 Å². The SMILES string of the molecule is CC(O)N=Nc1ccccc1O. The Bertz CT molecular complexity index is 284. The predicted molar refractivity (Wildman–Crippen MR) is 44.3 cm³/mol. The molecular weight excluding hydrogens is 156 g/mol. The highest BCUT2D eigenvalue weighted by Crippen LogP contribution is 2.25. The monoisotopic (exact) mass is 166 g/mol. The van der Waals surface area contributed by atoms with Crippen LogP contribution in [0.4, 0.5) is 5.69 Å². The molecule has 0 aliphatic rings. The lowest BCUT2D eigenvalue weighted by molar-refractivity contribution is 0.197. The van der Waals surface area contributed by atoms with Gasteiger partial charge in [-0.25, -0.2) is 0 Å².